The van der Waals surface area contributed by atoms with Crippen molar-refractivity contribution in [1.29, 1.82) is 0 Å². The Labute approximate surface area is 142 Å². The first-order valence-electron chi connectivity index (χ1n) is 6.98. The maximum Gasteiger partial charge on any atom is 0.293 e. The highest BCUT2D eigenvalue weighted by molar-refractivity contribution is 7.90. The van der Waals surface area contributed by atoms with Crippen LogP contribution in [0.3, 0.4) is 0 Å². The molecule has 0 bridgehead atoms. The predicted octanol–water partition coefficient (Wildman–Crippen LogP) is 2.77. The molecule has 2 aromatic carbocycles. The summed E-state index contributed by atoms with van der Waals surface area (Å²) in [5, 5.41) is 13.8. The Bertz CT molecular complexity index is 903. The molecule has 0 fully saturated rings. The van der Waals surface area contributed by atoms with Gasteiger partial charge < -0.3 is 10.1 Å². The Morgan fingerprint density at radius 2 is 1.88 bits per heavy atom. The van der Waals surface area contributed by atoms with Crippen LogP contribution >= 0.6 is 0 Å². The highest BCUT2D eigenvalue weighted by Gasteiger charge is 2.18. The van der Waals surface area contributed by atoms with E-state index in [9.17, 15) is 27.3 Å². The molecule has 0 spiro atoms. The lowest BCUT2D eigenvalue weighted by atomic mass is 10.2. The summed E-state index contributed by atoms with van der Waals surface area (Å²) in [6.07, 6.45) is 0.953. The first kappa shape index (κ1) is 18.6. The van der Waals surface area contributed by atoms with Crippen LogP contribution < -0.4 is 10.1 Å². The Balaban J connectivity index is 2.02. The first-order chi connectivity index (χ1) is 11.7. The number of nitro benzene ring substituents is 1. The van der Waals surface area contributed by atoms with Gasteiger partial charge in [-0.1, -0.05) is 0 Å². The summed E-state index contributed by atoms with van der Waals surface area (Å²) in [4.78, 5) is 10.2. The number of ether oxygens (including phenoxy) is 1. The van der Waals surface area contributed by atoms with Crippen LogP contribution in [-0.4, -0.2) is 32.7 Å². The summed E-state index contributed by atoms with van der Waals surface area (Å²) in [7, 11) is -3.57. The number of hydrogen-bond acceptors (Lipinski definition) is 6. The zero-order valence-corrected chi connectivity index (χ0v) is 13.8. The minimum absolute atomic E-state index is 0.0239. The molecule has 134 valence electrons. The number of sulfone groups is 1. The summed E-state index contributed by atoms with van der Waals surface area (Å²) in [6, 6.07) is 6.56. The normalized spacial score (nSPS) is 11.2. The Hall–Kier alpha value is -2.75. The van der Waals surface area contributed by atoms with Gasteiger partial charge in [-0.25, -0.2) is 17.2 Å². The van der Waals surface area contributed by atoms with Gasteiger partial charge in [0.05, 0.1) is 9.82 Å². The second-order valence-electron chi connectivity index (χ2n) is 5.06. The molecule has 2 rings (SSSR count). The van der Waals surface area contributed by atoms with E-state index in [0.29, 0.717) is 0 Å². The average molecular weight is 372 g/mol. The van der Waals surface area contributed by atoms with E-state index in [2.05, 4.69) is 5.32 Å². The van der Waals surface area contributed by atoms with Crippen LogP contribution in [0.15, 0.2) is 41.3 Å². The maximum absolute atomic E-state index is 13.0. The van der Waals surface area contributed by atoms with Gasteiger partial charge in [0.2, 0.25) is 0 Å². The van der Waals surface area contributed by atoms with E-state index in [0.717, 1.165) is 24.5 Å². The quantitative estimate of drug-likeness (QED) is 0.456. The van der Waals surface area contributed by atoms with E-state index in [-0.39, 0.29) is 29.5 Å². The topological polar surface area (TPSA) is 98.5 Å². The largest absolute Gasteiger partial charge is 0.492 e. The fourth-order valence-electron chi connectivity index (χ4n) is 1.96. The minimum Gasteiger partial charge on any atom is -0.492 e. The van der Waals surface area contributed by atoms with Crippen LogP contribution in [0, 0.1) is 21.7 Å². The molecule has 0 radical (unpaired) electrons. The van der Waals surface area contributed by atoms with E-state index in [4.69, 9.17) is 4.74 Å². The molecule has 7 nitrogen and oxygen atoms in total. The average Bonchev–Trinajstić information content (AvgIpc) is 2.53. The molecule has 0 heterocycles. The van der Waals surface area contributed by atoms with Crippen LogP contribution in [0.25, 0.3) is 0 Å². The third kappa shape index (κ3) is 4.86. The van der Waals surface area contributed by atoms with E-state index in [1.807, 2.05) is 0 Å². The van der Waals surface area contributed by atoms with Crippen molar-refractivity contribution in [2.75, 3.05) is 24.7 Å². The first-order valence-corrected chi connectivity index (χ1v) is 8.88. The number of nitrogens with one attached hydrogen (secondary N) is 1. The van der Waals surface area contributed by atoms with Crippen molar-refractivity contribution in [3.05, 3.63) is 58.1 Å². The molecular formula is C15H14F2N2O5S. The number of rotatable bonds is 7. The smallest absolute Gasteiger partial charge is 0.293 e. The Morgan fingerprint density at radius 3 is 2.48 bits per heavy atom. The molecule has 0 aromatic heterocycles. The van der Waals surface area contributed by atoms with Crippen molar-refractivity contribution >= 4 is 21.2 Å². The van der Waals surface area contributed by atoms with E-state index in [1.54, 1.807) is 0 Å². The van der Waals surface area contributed by atoms with Crippen LogP contribution in [-0.2, 0) is 9.84 Å². The highest BCUT2D eigenvalue weighted by atomic mass is 32.2. The van der Waals surface area contributed by atoms with Gasteiger partial charge >= 0.3 is 0 Å². The number of hydrogen-bond donors (Lipinski definition) is 1. The van der Waals surface area contributed by atoms with Crippen LogP contribution in [0.2, 0.25) is 0 Å². The SMILES string of the molecule is CS(=O)(=O)c1ccc(NCCOc2ccc(F)c(F)c2)c([N+](=O)[O-])c1. The van der Waals surface area contributed by atoms with Gasteiger partial charge in [-0.15, -0.1) is 0 Å². The number of halogens is 2. The second kappa shape index (κ2) is 7.43. The van der Waals surface area contributed by atoms with Gasteiger partial charge in [-0.2, -0.15) is 0 Å². The lowest BCUT2D eigenvalue weighted by molar-refractivity contribution is -0.384. The van der Waals surface area contributed by atoms with Crippen molar-refractivity contribution in [2.45, 2.75) is 4.90 Å². The van der Waals surface area contributed by atoms with Gasteiger partial charge in [-0.05, 0) is 24.3 Å². The second-order valence-corrected chi connectivity index (χ2v) is 7.08. The standard InChI is InChI=1S/C15H14F2N2O5S/c1-25(22,23)11-3-5-14(15(9-11)19(20)21)18-6-7-24-10-2-4-12(16)13(17)8-10/h2-5,8-9,18H,6-7H2,1H3. The van der Waals surface area contributed by atoms with Crippen molar-refractivity contribution in [3.8, 4) is 5.75 Å². The molecule has 0 aliphatic heterocycles. The van der Waals surface area contributed by atoms with Crippen LogP contribution in [0.4, 0.5) is 20.2 Å². The molecule has 0 amide bonds. The third-order valence-electron chi connectivity index (χ3n) is 3.17. The van der Waals surface area contributed by atoms with Crippen molar-refractivity contribution in [2.24, 2.45) is 0 Å². The van der Waals surface area contributed by atoms with Crippen LogP contribution in [0.1, 0.15) is 0 Å². The van der Waals surface area contributed by atoms with Crippen molar-refractivity contribution in [3.63, 3.8) is 0 Å². The number of nitrogens with zero attached hydrogens (tertiary/aromatic N) is 1. The molecule has 0 atom stereocenters. The zero-order chi connectivity index (χ0) is 18.6. The van der Waals surface area contributed by atoms with Gasteiger partial charge in [0.25, 0.3) is 5.69 Å². The molecule has 0 aliphatic rings. The summed E-state index contributed by atoms with van der Waals surface area (Å²) >= 11 is 0. The number of nitro groups is 1. The summed E-state index contributed by atoms with van der Waals surface area (Å²) in [5.74, 6) is -1.92. The third-order valence-corrected chi connectivity index (χ3v) is 4.28. The molecule has 0 aliphatic carbocycles. The highest BCUT2D eigenvalue weighted by Crippen LogP contribution is 2.27. The van der Waals surface area contributed by atoms with Crippen molar-refractivity contribution < 1.29 is 26.9 Å². The number of benzene rings is 2. The minimum atomic E-state index is -3.57. The monoisotopic (exact) mass is 372 g/mol. The van der Waals surface area contributed by atoms with E-state index >= 15 is 0 Å². The summed E-state index contributed by atoms with van der Waals surface area (Å²) in [5.41, 5.74) is -0.276. The Morgan fingerprint density at radius 1 is 1.16 bits per heavy atom. The maximum atomic E-state index is 13.0. The van der Waals surface area contributed by atoms with Gasteiger partial charge in [0.1, 0.15) is 18.0 Å². The summed E-state index contributed by atoms with van der Waals surface area (Å²) < 4.78 is 54.0. The van der Waals surface area contributed by atoms with Crippen LogP contribution in [0.5, 0.6) is 5.75 Å². The molecular weight excluding hydrogens is 358 g/mol. The number of anilines is 1. The lowest BCUT2D eigenvalue weighted by Gasteiger charge is -2.10. The molecule has 25 heavy (non-hydrogen) atoms. The molecule has 2 aromatic rings. The fourth-order valence-corrected chi connectivity index (χ4v) is 2.60. The van der Waals surface area contributed by atoms with Gasteiger partial charge in [0, 0.05) is 24.9 Å². The fraction of sp³-hybridized carbons (Fsp3) is 0.200. The molecule has 0 unspecified atom stereocenters. The summed E-state index contributed by atoms with van der Waals surface area (Å²) in [6.45, 7) is 0.147. The predicted molar refractivity (Wildman–Crippen MR) is 86.5 cm³/mol. The molecule has 1 N–H and O–H groups in total. The molecule has 0 saturated heterocycles. The van der Waals surface area contributed by atoms with E-state index < -0.39 is 32.1 Å². The molecule has 10 heteroatoms. The molecule has 0 saturated carbocycles. The lowest BCUT2D eigenvalue weighted by Crippen LogP contribution is -2.13. The van der Waals surface area contributed by atoms with E-state index in [1.165, 1.54) is 18.2 Å². The van der Waals surface area contributed by atoms with Crippen molar-refractivity contribution in [1.82, 2.24) is 0 Å². The Kier molecular flexibility index (Phi) is 5.52. The zero-order valence-electron chi connectivity index (χ0n) is 13.0. The van der Waals surface area contributed by atoms with Gasteiger partial charge in [-0.3, -0.25) is 10.1 Å². The van der Waals surface area contributed by atoms with Gasteiger partial charge in [0.15, 0.2) is 21.5 Å².